The number of ether oxygens (including phenoxy) is 2. The highest BCUT2D eigenvalue weighted by molar-refractivity contribution is 6.01. The molecular formula is C21H28O14. The minimum Gasteiger partial charge on any atom is -0.508 e. The molecule has 2 unspecified atom stereocenters. The number of hydrogen-bond donors (Lipinski definition) is 11. The maximum atomic E-state index is 13.0. The van der Waals surface area contributed by atoms with Gasteiger partial charge in [-0.2, -0.15) is 0 Å². The number of hydrogen-bond acceptors (Lipinski definition) is 14. The van der Waals surface area contributed by atoms with Gasteiger partial charge in [0.1, 0.15) is 42.4 Å². The zero-order valence-electron chi connectivity index (χ0n) is 18.1. The van der Waals surface area contributed by atoms with E-state index >= 15 is 0 Å². The summed E-state index contributed by atoms with van der Waals surface area (Å²) in [6.45, 7) is -2.25. The summed E-state index contributed by atoms with van der Waals surface area (Å²) in [5, 5.41) is 113. The van der Waals surface area contributed by atoms with Crippen molar-refractivity contribution in [3.63, 3.8) is 0 Å². The molecular weight excluding hydrogens is 476 g/mol. The second-order valence-electron chi connectivity index (χ2n) is 8.46. The molecule has 2 aliphatic rings. The van der Waals surface area contributed by atoms with E-state index < -0.39 is 78.9 Å². The summed E-state index contributed by atoms with van der Waals surface area (Å²) in [5.41, 5.74) is -3.06. The van der Waals surface area contributed by atoms with Gasteiger partial charge in [0.05, 0.1) is 13.2 Å². The lowest BCUT2D eigenvalue weighted by Crippen LogP contribution is -2.84. The highest BCUT2D eigenvalue weighted by Gasteiger charge is 2.75. The van der Waals surface area contributed by atoms with Crippen LogP contribution in [0.5, 0.6) is 5.75 Å². The van der Waals surface area contributed by atoms with E-state index in [2.05, 4.69) is 0 Å². The first kappa shape index (κ1) is 27.5. The normalized spacial score (nSPS) is 44.5. The average Bonchev–Trinajstić information content (AvgIpc) is 2.85. The van der Waals surface area contributed by atoms with Gasteiger partial charge >= 0.3 is 0 Å². The van der Waals surface area contributed by atoms with Crippen molar-refractivity contribution in [2.24, 2.45) is 0 Å². The van der Waals surface area contributed by atoms with Crippen LogP contribution in [0.1, 0.15) is 5.56 Å². The van der Waals surface area contributed by atoms with E-state index in [0.29, 0.717) is 11.6 Å². The largest absolute Gasteiger partial charge is 0.508 e. The van der Waals surface area contributed by atoms with Crippen LogP contribution in [0.2, 0.25) is 0 Å². The van der Waals surface area contributed by atoms with Gasteiger partial charge in [0.2, 0.25) is 0 Å². The Labute approximate surface area is 197 Å². The molecule has 14 nitrogen and oxygen atoms in total. The molecule has 0 saturated carbocycles. The van der Waals surface area contributed by atoms with Crippen LogP contribution in [0.4, 0.5) is 0 Å². The number of aliphatic hydroxyl groups is 10. The van der Waals surface area contributed by atoms with Gasteiger partial charge in [-0.15, -0.1) is 0 Å². The molecule has 10 atom stereocenters. The first-order valence-corrected chi connectivity index (χ1v) is 10.4. The van der Waals surface area contributed by atoms with E-state index in [0.717, 1.165) is 6.08 Å². The summed E-state index contributed by atoms with van der Waals surface area (Å²) in [4.78, 5) is 13.0. The van der Waals surface area contributed by atoms with Gasteiger partial charge in [0.15, 0.2) is 17.5 Å². The van der Waals surface area contributed by atoms with Crippen LogP contribution < -0.4 is 0 Å². The topological polar surface area (TPSA) is 258 Å². The predicted molar refractivity (Wildman–Crippen MR) is 111 cm³/mol. The lowest BCUT2D eigenvalue weighted by atomic mass is 9.72. The second kappa shape index (κ2) is 9.78. The van der Waals surface area contributed by atoms with Crippen LogP contribution in [0.3, 0.4) is 0 Å². The van der Waals surface area contributed by atoms with Crippen LogP contribution in [-0.4, -0.2) is 135 Å². The van der Waals surface area contributed by atoms with Crippen molar-refractivity contribution in [1.29, 1.82) is 0 Å². The maximum Gasteiger partial charge on any atom is 0.254 e. The van der Waals surface area contributed by atoms with Gasteiger partial charge in [-0.25, -0.2) is 0 Å². The Morgan fingerprint density at radius 3 is 1.91 bits per heavy atom. The number of rotatable bonds is 6. The molecule has 3 rings (SSSR count). The van der Waals surface area contributed by atoms with Crippen LogP contribution in [0.25, 0.3) is 6.08 Å². The van der Waals surface area contributed by atoms with Gasteiger partial charge in [-0.3, -0.25) is 4.79 Å². The summed E-state index contributed by atoms with van der Waals surface area (Å²) in [6.07, 6.45) is -14.4. The third-order valence-electron chi connectivity index (χ3n) is 6.30. The number of phenolic OH excluding ortho intramolecular Hbond substituents is 1. The fraction of sp³-hybridized carbons (Fsp3) is 0.571. The minimum absolute atomic E-state index is 0.0778. The number of benzene rings is 1. The predicted octanol–water partition coefficient (Wildman–Crippen LogP) is -5.33. The molecule has 2 saturated heterocycles. The molecule has 0 spiro atoms. The van der Waals surface area contributed by atoms with Crippen LogP contribution in [0.15, 0.2) is 30.3 Å². The highest BCUT2D eigenvalue weighted by Crippen LogP contribution is 2.46. The molecule has 0 radical (unpaired) electrons. The Balaban J connectivity index is 2.05. The van der Waals surface area contributed by atoms with Crippen molar-refractivity contribution in [3.8, 4) is 5.75 Å². The lowest BCUT2D eigenvalue weighted by Gasteiger charge is -2.58. The zero-order valence-corrected chi connectivity index (χ0v) is 18.1. The van der Waals surface area contributed by atoms with Gasteiger partial charge in [0.25, 0.3) is 11.6 Å². The molecule has 35 heavy (non-hydrogen) atoms. The molecule has 0 bridgehead atoms. The van der Waals surface area contributed by atoms with E-state index in [1.165, 1.54) is 24.3 Å². The van der Waals surface area contributed by atoms with Crippen molar-refractivity contribution < 1.29 is 70.4 Å². The van der Waals surface area contributed by atoms with E-state index in [4.69, 9.17) is 9.47 Å². The van der Waals surface area contributed by atoms with Crippen LogP contribution in [-0.2, 0) is 14.3 Å². The lowest BCUT2D eigenvalue weighted by molar-refractivity contribution is -0.495. The summed E-state index contributed by atoms with van der Waals surface area (Å²) < 4.78 is 9.95. The van der Waals surface area contributed by atoms with E-state index in [9.17, 15) is 61.0 Å². The van der Waals surface area contributed by atoms with Gasteiger partial charge in [-0.05, 0) is 23.8 Å². The quantitative estimate of drug-likeness (QED) is 0.162. The smallest absolute Gasteiger partial charge is 0.254 e. The number of ketones is 1. The third kappa shape index (κ3) is 4.27. The van der Waals surface area contributed by atoms with Crippen molar-refractivity contribution in [1.82, 2.24) is 0 Å². The summed E-state index contributed by atoms with van der Waals surface area (Å²) in [7, 11) is 0. The van der Waals surface area contributed by atoms with Crippen LogP contribution in [0, 0.1) is 0 Å². The zero-order chi connectivity index (χ0) is 26.3. The van der Waals surface area contributed by atoms with E-state index in [1.807, 2.05) is 0 Å². The third-order valence-corrected chi connectivity index (χ3v) is 6.30. The Bertz CT molecular complexity index is 936. The second-order valence-corrected chi connectivity index (χ2v) is 8.46. The van der Waals surface area contributed by atoms with Crippen LogP contribution >= 0.6 is 0 Å². The first-order valence-electron chi connectivity index (χ1n) is 10.4. The molecule has 0 aliphatic carbocycles. The Morgan fingerprint density at radius 2 is 1.37 bits per heavy atom. The minimum atomic E-state index is -3.72. The first-order chi connectivity index (χ1) is 16.3. The summed E-state index contributed by atoms with van der Waals surface area (Å²) in [5.74, 6) is -8.85. The number of carbonyl (C=O) groups excluding carboxylic acids is 1. The standard InChI is InChI=1S/C21H28O14/c22-7-11-14(26)15(27)17(29)20(32,34-11)21(33)18(30)19(31,16(28)12(8-23)35-21)13(25)6-3-9-1-4-10(24)5-2-9/h1-6,11-12,14-18,22-24,26-33H,7-8H2/b6-3+/t11-,12-,14-,15+,16+,17-,18-,19+,20?,21?/m1/s1. The van der Waals surface area contributed by atoms with Crippen molar-refractivity contribution >= 4 is 11.9 Å². The molecule has 2 fully saturated rings. The van der Waals surface area contributed by atoms with Gasteiger partial charge < -0.3 is 65.6 Å². The Hall–Kier alpha value is -2.05. The molecule has 2 heterocycles. The van der Waals surface area contributed by atoms with Crippen molar-refractivity contribution in [2.75, 3.05) is 13.2 Å². The monoisotopic (exact) mass is 504 g/mol. The fourth-order valence-electron chi connectivity index (χ4n) is 4.14. The van der Waals surface area contributed by atoms with Crippen molar-refractivity contribution in [3.05, 3.63) is 35.9 Å². The van der Waals surface area contributed by atoms with E-state index in [-0.39, 0.29) is 5.75 Å². The molecule has 2 aliphatic heterocycles. The highest BCUT2D eigenvalue weighted by atomic mass is 16.7. The SMILES string of the molecule is O=C(/C=C/c1ccc(O)cc1)[C@]1(O)[C@@H](O)[C@@H](CO)OC(O)(C2(O)O[C@H](CO)[C@@H](O)[C@H](O)[C@H]2O)[C@@H]1O. The summed E-state index contributed by atoms with van der Waals surface area (Å²) in [6, 6.07) is 5.32. The molecule has 196 valence electrons. The average molecular weight is 504 g/mol. The molecule has 0 amide bonds. The van der Waals surface area contributed by atoms with Crippen molar-refractivity contribution in [2.45, 2.75) is 59.9 Å². The number of phenols is 1. The van der Waals surface area contributed by atoms with E-state index in [1.54, 1.807) is 0 Å². The van der Waals surface area contributed by atoms with Gasteiger partial charge in [0, 0.05) is 0 Å². The maximum absolute atomic E-state index is 13.0. The molecule has 1 aromatic carbocycles. The Kier molecular flexibility index (Phi) is 7.69. The summed E-state index contributed by atoms with van der Waals surface area (Å²) >= 11 is 0. The fourth-order valence-corrected chi connectivity index (χ4v) is 4.14. The molecule has 11 N–H and O–H groups in total. The number of aromatic hydroxyl groups is 1. The molecule has 0 aromatic heterocycles. The molecule has 1 aromatic rings. The molecule has 14 heteroatoms. The Morgan fingerprint density at radius 1 is 0.829 bits per heavy atom. The number of carbonyl (C=O) groups is 1. The van der Waals surface area contributed by atoms with Gasteiger partial charge in [-0.1, -0.05) is 18.2 Å². The number of aliphatic hydroxyl groups excluding tert-OH is 7.